The lowest BCUT2D eigenvalue weighted by Crippen LogP contribution is -2.37. The summed E-state index contributed by atoms with van der Waals surface area (Å²) in [4.78, 5) is 17.6. The van der Waals surface area contributed by atoms with Crippen LogP contribution in [0.1, 0.15) is 20.8 Å². The quantitative estimate of drug-likeness (QED) is 0.889. The van der Waals surface area contributed by atoms with E-state index in [0.29, 0.717) is 13.1 Å². The second-order valence-corrected chi connectivity index (χ2v) is 5.04. The van der Waals surface area contributed by atoms with Crippen LogP contribution in [0.3, 0.4) is 0 Å². The number of alkyl carbamates (subject to hydrolysis) is 1. The lowest BCUT2D eigenvalue weighted by atomic mass is 10.2. The monoisotopic (exact) mass is 251 g/mol. The predicted octanol–water partition coefficient (Wildman–Crippen LogP) is 2.04. The standard InChI is InChI=1S/C13H21N3O2/c1-13(2,3)18-12(17)15-9-10-16(4)11-7-5-6-8-14-11/h5-8H,9-10H2,1-4H3,(H,15,17). The zero-order valence-corrected chi connectivity index (χ0v) is 11.4. The fraction of sp³-hybridized carbons (Fsp3) is 0.538. The van der Waals surface area contributed by atoms with Gasteiger partial charge in [-0.15, -0.1) is 0 Å². The lowest BCUT2D eigenvalue weighted by Gasteiger charge is -2.21. The van der Waals surface area contributed by atoms with Crippen molar-refractivity contribution >= 4 is 11.9 Å². The third-order valence-corrected chi connectivity index (χ3v) is 2.16. The molecule has 0 unspecified atom stereocenters. The van der Waals surface area contributed by atoms with Crippen LogP contribution in [-0.2, 0) is 4.74 Å². The van der Waals surface area contributed by atoms with Crippen molar-refractivity contribution in [3.05, 3.63) is 24.4 Å². The van der Waals surface area contributed by atoms with Crippen LogP contribution in [0.25, 0.3) is 0 Å². The van der Waals surface area contributed by atoms with Gasteiger partial charge in [0.25, 0.3) is 0 Å². The second kappa shape index (κ2) is 6.23. The van der Waals surface area contributed by atoms with Gasteiger partial charge in [-0.2, -0.15) is 0 Å². The van der Waals surface area contributed by atoms with E-state index >= 15 is 0 Å². The maximum absolute atomic E-state index is 11.4. The zero-order chi connectivity index (χ0) is 13.6. The van der Waals surface area contributed by atoms with Crippen LogP contribution in [0.4, 0.5) is 10.6 Å². The Morgan fingerprint density at radius 2 is 2.17 bits per heavy atom. The molecule has 0 bridgehead atoms. The number of anilines is 1. The Morgan fingerprint density at radius 1 is 1.44 bits per heavy atom. The molecule has 5 heteroatoms. The Bertz CT molecular complexity index is 374. The van der Waals surface area contributed by atoms with Crippen molar-refractivity contribution in [1.29, 1.82) is 0 Å². The number of hydrogen-bond acceptors (Lipinski definition) is 4. The molecular weight excluding hydrogens is 230 g/mol. The molecule has 0 fully saturated rings. The van der Waals surface area contributed by atoms with E-state index in [9.17, 15) is 4.79 Å². The Labute approximate surface area is 108 Å². The third kappa shape index (κ3) is 5.52. The Kier molecular flexibility index (Phi) is 4.95. The largest absolute Gasteiger partial charge is 0.444 e. The van der Waals surface area contributed by atoms with Gasteiger partial charge in [-0.1, -0.05) is 6.07 Å². The third-order valence-electron chi connectivity index (χ3n) is 2.16. The molecular formula is C13H21N3O2. The molecule has 18 heavy (non-hydrogen) atoms. The zero-order valence-electron chi connectivity index (χ0n) is 11.4. The molecule has 1 aromatic rings. The van der Waals surface area contributed by atoms with Crippen LogP contribution in [0, 0.1) is 0 Å². The van der Waals surface area contributed by atoms with Crippen molar-refractivity contribution < 1.29 is 9.53 Å². The number of carbonyl (C=O) groups is 1. The SMILES string of the molecule is CN(CCNC(=O)OC(C)(C)C)c1ccccn1. The van der Waals surface area contributed by atoms with Crippen LogP contribution in [0.2, 0.25) is 0 Å². The van der Waals surface area contributed by atoms with E-state index in [-0.39, 0.29) is 0 Å². The summed E-state index contributed by atoms with van der Waals surface area (Å²) in [5, 5.41) is 2.71. The summed E-state index contributed by atoms with van der Waals surface area (Å²) in [6.45, 7) is 6.71. The number of likely N-dealkylation sites (N-methyl/N-ethyl adjacent to an activating group) is 1. The molecule has 0 saturated carbocycles. The first-order chi connectivity index (χ1) is 8.38. The molecule has 0 aromatic carbocycles. The molecule has 0 atom stereocenters. The molecule has 1 heterocycles. The van der Waals surface area contributed by atoms with E-state index in [1.165, 1.54) is 0 Å². The van der Waals surface area contributed by atoms with Gasteiger partial charge in [-0.25, -0.2) is 9.78 Å². The molecule has 0 aliphatic carbocycles. The minimum Gasteiger partial charge on any atom is -0.444 e. The van der Waals surface area contributed by atoms with Crippen molar-refractivity contribution in [3.63, 3.8) is 0 Å². The molecule has 1 aromatic heterocycles. The smallest absolute Gasteiger partial charge is 0.407 e. The van der Waals surface area contributed by atoms with Gasteiger partial charge >= 0.3 is 6.09 Å². The topological polar surface area (TPSA) is 54.5 Å². The maximum atomic E-state index is 11.4. The van der Waals surface area contributed by atoms with Crippen LogP contribution >= 0.6 is 0 Å². The van der Waals surface area contributed by atoms with E-state index in [2.05, 4.69) is 10.3 Å². The van der Waals surface area contributed by atoms with Crippen LogP contribution in [-0.4, -0.2) is 36.8 Å². The van der Waals surface area contributed by atoms with Gasteiger partial charge in [-0.3, -0.25) is 0 Å². The fourth-order valence-corrected chi connectivity index (χ4v) is 1.33. The number of hydrogen-bond donors (Lipinski definition) is 1. The van der Waals surface area contributed by atoms with Gasteiger partial charge < -0.3 is 15.0 Å². The first-order valence-electron chi connectivity index (χ1n) is 5.97. The van der Waals surface area contributed by atoms with E-state index in [4.69, 9.17) is 4.74 Å². The average molecular weight is 251 g/mol. The summed E-state index contributed by atoms with van der Waals surface area (Å²) >= 11 is 0. The first-order valence-corrected chi connectivity index (χ1v) is 5.97. The van der Waals surface area contributed by atoms with Crippen molar-refractivity contribution in [1.82, 2.24) is 10.3 Å². The molecule has 0 radical (unpaired) electrons. The highest BCUT2D eigenvalue weighted by molar-refractivity contribution is 5.67. The van der Waals surface area contributed by atoms with Crippen molar-refractivity contribution in [3.8, 4) is 0 Å². The normalized spacial score (nSPS) is 10.9. The molecule has 1 rings (SSSR count). The van der Waals surface area contributed by atoms with Gasteiger partial charge in [0, 0.05) is 26.3 Å². The number of aromatic nitrogens is 1. The van der Waals surface area contributed by atoms with E-state index in [1.54, 1.807) is 6.20 Å². The number of rotatable bonds is 4. The second-order valence-electron chi connectivity index (χ2n) is 5.04. The van der Waals surface area contributed by atoms with Crippen molar-refractivity contribution in [2.45, 2.75) is 26.4 Å². The number of carbonyl (C=O) groups excluding carboxylic acids is 1. The fourth-order valence-electron chi connectivity index (χ4n) is 1.33. The molecule has 0 saturated heterocycles. The average Bonchev–Trinajstić information content (AvgIpc) is 2.27. The van der Waals surface area contributed by atoms with E-state index < -0.39 is 11.7 Å². The maximum Gasteiger partial charge on any atom is 0.407 e. The highest BCUT2D eigenvalue weighted by Gasteiger charge is 2.15. The van der Waals surface area contributed by atoms with Gasteiger partial charge in [0.05, 0.1) is 0 Å². The van der Waals surface area contributed by atoms with Crippen LogP contribution in [0.15, 0.2) is 24.4 Å². The van der Waals surface area contributed by atoms with Crippen LogP contribution in [0.5, 0.6) is 0 Å². The number of nitrogens with one attached hydrogen (secondary N) is 1. The first kappa shape index (κ1) is 14.3. The summed E-state index contributed by atoms with van der Waals surface area (Å²) < 4.78 is 5.14. The molecule has 5 nitrogen and oxygen atoms in total. The van der Waals surface area contributed by atoms with E-state index in [0.717, 1.165) is 5.82 Å². The molecule has 100 valence electrons. The number of pyridine rings is 1. The minimum atomic E-state index is -0.461. The highest BCUT2D eigenvalue weighted by Crippen LogP contribution is 2.07. The Hall–Kier alpha value is -1.78. The molecule has 1 amide bonds. The number of ether oxygens (including phenoxy) is 1. The van der Waals surface area contributed by atoms with Gasteiger partial charge in [-0.05, 0) is 32.9 Å². The predicted molar refractivity (Wildman–Crippen MR) is 71.7 cm³/mol. The molecule has 1 N–H and O–H groups in total. The number of amides is 1. The summed E-state index contributed by atoms with van der Waals surface area (Å²) in [5.74, 6) is 0.878. The molecule has 0 aliphatic heterocycles. The van der Waals surface area contributed by atoms with Gasteiger partial charge in [0.2, 0.25) is 0 Å². The summed E-state index contributed by atoms with van der Waals surface area (Å²) in [6, 6.07) is 5.73. The summed E-state index contributed by atoms with van der Waals surface area (Å²) in [5.41, 5.74) is -0.461. The minimum absolute atomic E-state index is 0.392. The van der Waals surface area contributed by atoms with E-state index in [1.807, 2.05) is 50.9 Å². The molecule has 0 aliphatic rings. The molecule has 0 spiro atoms. The van der Waals surface area contributed by atoms with Crippen molar-refractivity contribution in [2.24, 2.45) is 0 Å². The lowest BCUT2D eigenvalue weighted by molar-refractivity contribution is 0.0529. The number of nitrogens with zero attached hydrogens (tertiary/aromatic N) is 2. The van der Waals surface area contributed by atoms with Gasteiger partial charge in [0.1, 0.15) is 11.4 Å². The summed E-state index contributed by atoms with van der Waals surface area (Å²) in [7, 11) is 1.93. The Balaban J connectivity index is 2.28. The Morgan fingerprint density at radius 3 is 2.72 bits per heavy atom. The van der Waals surface area contributed by atoms with Crippen molar-refractivity contribution in [2.75, 3.05) is 25.0 Å². The summed E-state index contributed by atoms with van der Waals surface area (Å²) in [6.07, 6.45) is 1.35. The van der Waals surface area contributed by atoms with Crippen LogP contribution < -0.4 is 10.2 Å². The highest BCUT2D eigenvalue weighted by atomic mass is 16.6. The van der Waals surface area contributed by atoms with Gasteiger partial charge in [0.15, 0.2) is 0 Å².